The number of hydrogen-bond donors (Lipinski definition) is 0. The van der Waals surface area contributed by atoms with Crippen LogP contribution in [0.5, 0.6) is 0 Å². The molecule has 1 aromatic carbocycles. The summed E-state index contributed by atoms with van der Waals surface area (Å²) < 4.78 is 0. The van der Waals surface area contributed by atoms with E-state index in [0.717, 1.165) is 18.2 Å². The van der Waals surface area contributed by atoms with Gasteiger partial charge in [-0.15, -0.1) is 0 Å². The van der Waals surface area contributed by atoms with E-state index in [1.165, 1.54) is 63.4 Å². The number of halogens is 1. The lowest BCUT2D eigenvalue weighted by Crippen LogP contribution is -2.31. The average Bonchev–Trinajstić information content (AvgIpc) is 2.65. The zero-order valence-electron chi connectivity index (χ0n) is 15.9. The van der Waals surface area contributed by atoms with Crippen molar-refractivity contribution >= 4 is 21.7 Å². The fourth-order valence-electron chi connectivity index (χ4n) is 4.01. The molecule has 0 spiro atoms. The van der Waals surface area contributed by atoms with Crippen molar-refractivity contribution in [1.82, 2.24) is 0 Å². The predicted molar refractivity (Wildman–Crippen MR) is 111 cm³/mol. The van der Waals surface area contributed by atoms with Crippen LogP contribution in [-0.4, -0.2) is 11.1 Å². The monoisotopic (exact) mass is 406 g/mol. The lowest BCUT2D eigenvalue weighted by molar-refractivity contribution is -0.127. The van der Waals surface area contributed by atoms with Crippen LogP contribution < -0.4 is 0 Å². The lowest BCUT2D eigenvalue weighted by Gasteiger charge is -2.28. The van der Waals surface area contributed by atoms with Crippen LogP contribution in [0.1, 0.15) is 95.5 Å². The Bertz CT molecular complexity index is 498. The Morgan fingerprint density at radius 3 is 2.08 bits per heavy atom. The Balaban J connectivity index is 2.10. The zero-order valence-corrected chi connectivity index (χ0v) is 17.5. The first-order valence-corrected chi connectivity index (χ1v) is 11.4. The van der Waals surface area contributed by atoms with Crippen molar-refractivity contribution in [2.75, 3.05) is 5.33 Å². The number of rotatable bonds is 2. The minimum atomic E-state index is -0.201. The van der Waals surface area contributed by atoms with Gasteiger partial charge in [0.05, 0.1) is 0 Å². The summed E-state index contributed by atoms with van der Waals surface area (Å²) >= 11 is 3.64. The highest BCUT2D eigenvalue weighted by Gasteiger charge is 2.33. The minimum absolute atomic E-state index is 0.201. The first kappa shape index (κ1) is 20.7. The number of alkyl halides is 1. The molecule has 1 nitrogen and oxygen atoms in total. The van der Waals surface area contributed by atoms with Crippen LogP contribution in [-0.2, 0) is 4.79 Å². The molecule has 0 amide bonds. The summed E-state index contributed by atoms with van der Waals surface area (Å²) in [6.45, 7) is 2.17. The molecule has 0 radical (unpaired) electrons. The van der Waals surface area contributed by atoms with Gasteiger partial charge in [0.15, 0.2) is 0 Å². The van der Waals surface area contributed by atoms with Crippen LogP contribution in [0.2, 0.25) is 0 Å². The van der Waals surface area contributed by atoms with E-state index in [4.69, 9.17) is 0 Å². The molecular weight excluding hydrogens is 372 g/mol. The Morgan fingerprint density at radius 2 is 1.48 bits per heavy atom. The summed E-state index contributed by atoms with van der Waals surface area (Å²) in [5.41, 5.74) is 1.14. The molecule has 0 saturated heterocycles. The highest BCUT2D eigenvalue weighted by atomic mass is 79.9. The van der Waals surface area contributed by atoms with E-state index < -0.39 is 0 Å². The molecule has 1 aliphatic rings. The second kappa shape index (κ2) is 11.2. The fourth-order valence-corrected chi connectivity index (χ4v) is 4.60. The van der Waals surface area contributed by atoms with Crippen molar-refractivity contribution in [1.29, 1.82) is 0 Å². The molecule has 0 bridgehead atoms. The zero-order chi connectivity index (χ0) is 18.0. The number of ketones is 1. The summed E-state index contributed by atoms with van der Waals surface area (Å²) in [5.74, 6) is 0.838. The first-order valence-electron chi connectivity index (χ1n) is 10.3. The first-order chi connectivity index (χ1) is 12.2. The van der Waals surface area contributed by atoms with Gasteiger partial charge in [-0.2, -0.15) is 0 Å². The molecule has 0 heterocycles. The molecule has 0 aliphatic heterocycles. The van der Waals surface area contributed by atoms with E-state index in [1.54, 1.807) is 0 Å². The van der Waals surface area contributed by atoms with Crippen molar-refractivity contribution in [3.05, 3.63) is 35.9 Å². The molecule has 1 saturated carbocycles. The summed E-state index contributed by atoms with van der Waals surface area (Å²) in [4.78, 5) is 13.2. The Kier molecular flexibility index (Phi) is 9.23. The van der Waals surface area contributed by atoms with Crippen LogP contribution in [0.25, 0.3) is 0 Å². The number of hydrogen-bond acceptors (Lipinski definition) is 1. The lowest BCUT2D eigenvalue weighted by atomic mass is 9.77. The van der Waals surface area contributed by atoms with Crippen LogP contribution in [0.15, 0.2) is 30.3 Å². The van der Waals surface area contributed by atoms with E-state index in [2.05, 4.69) is 53.2 Å². The van der Waals surface area contributed by atoms with Crippen molar-refractivity contribution in [2.45, 2.75) is 89.9 Å². The van der Waals surface area contributed by atoms with Crippen molar-refractivity contribution in [3.63, 3.8) is 0 Å². The third-order valence-corrected chi connectivity index (χ3v) is 7.19. The SMILES string of the molecule is CC1(CBr)CCCCCCCCCCCC(c2ccccc2)CC1=O. The molecule has 1 fully saturated rings. The molecule has 0 aromatic heterocycles. The number of benzene rings is 1. The normalized spacial score (nSPS) is 28.1. The van der Waals surface area contributed by atoms with Crippen molar-refractivity contribution < 1.29 is 4.79 Å². The fraction of sp³-hybridized carbons (Fsp3) is 0.696. The summed E-state index contributed by atoms with van der Waals surface area (Å²) in [5, 5.41) is 0.792. The highest BCUT2D eigenvalue weighted by Crippen LogP contribution is 2.35. The van der Waals surface area contributed by atoms with Gasteiger partial charge in [0.2, 0.25) is 0 Å². The second-order valence-electron chi connectivity index (χ2n) is 8.15. The number of carbonyl (C=O) groups is 1. The Labute approximate surface area is 163 Å². The predicted octanol–water partition coefficient (Wildman–Crippen LogP) is 7.44. The maximum absolute atomic E-state index is 13.2. The van der Waals surface area contributed by atoms with Gasteiger partial charge >= 0.3 is 0 Å². The molecule has 2 atom stereocenters. The molecular formula is C23H35BrO. The van der Waals surface area contributed by atoms with Gasteiger partial charge in [-0.1, -0.05) is 111 Å². The minimum Gasteiger partial charge on any atom is -0.299 e. The van der Waals surface area contributed by atoms with Gasteiger partial charge < -0.3 is 0 Å². The van der Waals surface area contributed by atoms with Gasteiger partial charge in [-0.3, -0.25) is 4.79 Å². The van der Waals surface area contributed by atoms with Crippen LogP contribution in [0.4, 0.5) is 0 Å². The average molecular weight is 407 g/mol. The van der Waals surface area contributed by atoms with Crippen molar-refractivity contribution in [3.8, 4) is 0 Å². The van der Waals surface area contributed by atoms with Crippen LogP contribution in [0.3, 0.4) is 0 Å². The second-order valence-corrected chi connectivity index (χ2v) is 8.71. The third kappa shape index (κ3) is 6.89. The number of carbonyl (C=O) groups excluding carboxylic acids is 1. The Hall–Kier alpha value is -0.630. The topological polar surface area (TPSA) is 17.1 Å². The van der Waals surface area contributed by atoms with Gasteiger partial charge in [0.1, 0.15) is 5.78 Å². The molecule has 1 aromatic rings. The van der Waals surface area contributed by atoms with Crippen LogP contribution >= 0.6 is 15.9 Å². The quantitative estimate of drug-likeness (QED) is 0.466. The molecule has 2 rings (SSSR count). The van der Waals surface area contributed by atoms with Crippen molar-refractivity contribution in [2.24, 2.45) is 5.41 Å². The van der Waals surface area contributed by atoms with E-state index in [-0.39, 0.29) is 5.41 Å². The number of Topliss-reactive ketones (excluding diaryl/α,β-unsaturated/α-hetero) is 1. The van der Waals surface area contributed by atoms with E-state index in [0.29, 0.717) is 18.1 Å². The third-order valence-electron chi connectivity index (χ3n) is 5.95. The van der Waals surface area contributed by atoms with Crippen LogP contribution in [0, 0.1) is 5.41 Å². The highest BCUT2D eigenvalue weighted by molar-refractivity contribution is 9.09. The van der Waals surface area contributed by atoms with E-state index >= 15 is 0 Å². The molecule has 2 unspecified atom stereocenters. The molecule has 1 aliphatic carbocycles. The van der Waals surface area contributed by atoms with Gasteiger partial charge in [-0.25, -0.2) is 0 Å². The Morgan fingerprint density at radius 1 is 0.920 bits per heavy atom. The maximum Gasteiger partial charge on any atom is 0.140 e. The molecule has 140 valence electrons. The van der Waals surface area contributed by atoms with Gasteiger partial charge in [-0.05, 0) is 24.3 Å². The molecule has 2 heteroatoms. The summed E-state index contributed by atoms with van der Waals surface area (Å²) in [6.07, 6.45) is 14.7. The van der Waals surface area contributed by atoms with Gasteiger partial charge in [0, 0.05) is 17.2 Å². The van der Waals surface area contributed by atoms with E-state index in [1.807, 2.05) is 0 Å². The smallest absolute Gasteiger partial charge is 0.140 e. The standard InChI is InChI=1S/C23H35BrO/c1-23(19-24)17-13-8-6-4-2-3-5-7-10-16-21(18-22(23)25)20-14-11-9-12-15-20/h9,11-12,14-15,21H,2-8,10,13,16-19H2,1H3. The molecule has 0 N–H and O–H groups in total. The van der Waals surface area contributed by atoms with E-state index in [9.17, 15) is 4.79 Å². The van der Waals surface area contributed by atoms with Gasteiger partial charge in [0.25, 0.3) is 0 Å². The molecule has 25 heavy (non-hydrogen) atoms. The summed E-state index contributed by atoms with van der Waals surface area (Å²) in [7, 11) is 0. The summed E-state index contributed by atoms with van der Waals surface area (Å²) in [6, 6.07) is 10.7. The maximum atomic E-state index is 13.2. The largest absolute Gasteiger partial charge is 0.299 e.